The van der Waals surface area contributed by atoms with Crippen molar-refractivity contribution < 1.29 is 4.74 Å². The molecule has 5 heterocycles. The molecule has 0 amide bonds. The molecule has 118 valence electrons. The smallest absolute Gasteiger partial charge is 0.292 e. The highest BCUT2D eigenvalue weighted by Gasteiger charge is 2.50. The molecular formula is C15H22N6O. The highest BCUT2D eigenvalue weighted by Crippen LogP contribution is 2.41. The van der Waals surface area contributed by atoms with Crippen molar-refractivity contribution in [1.29, 1.82) is 0 Å². The highest BCUT2D eigenvalue weighted by molar-refractivity contribution is 5.87. The second-order valence-electron chi connectivity index (χ2n) is 6.59. The summed E-state index contributed by atoms with van der Waals surface area (Å²) in [7, 11) is 0. The number of anilines is 1. The van der Waals surface area contributed by atoms with Gasteiger partial charge in [-0.25, -0.2) is 9.98 Å². The molecule has 0 aliphatic carbocycles. The molecule has 1 atom stereocenters. The Balaban J connectivity index is 1.51. The van der Waals surface area contributed by atoms with Gasteiger partial charge in [-0.2, -0.15) is 5.10 Å². The molecule has 1 aromatic rings. The van der Waals surface area contributed by atoms with Gasteiger partial charge < -0.3 is 4.74 Å². The van der Waals surface area contributed by atoms with Crippen LogP contribution in [0.5, 0.6) is 0 Å². The van der Waals surface area contributed by atoms with Crippen molar-refractivity contribution in [1.82, 2.24) is 20.1 Å². The van der Waals surface area contributed by atoms with E-state index in [2.05, 4.69) is 30.4 Å². The topological polar surface area (TPSA) is 75.5 Å². The zero-order valence-corrected chi connectivity index (χ0v) is 13.2. The number of piperidine rings is 3. The molecule has 22 heavy (non-hydrogen) atoms. The van der Waals surface area contributed by atoms with E-state index in [1.165, 1.54) is 25.9 Å². The largest absolute Gasteiger partial charge is 0.457 e. The number of fused-ring (bicyclic) bond motifs is 2. The van der Waals surface area contributed by atoms with Crippen LogP contribution in [0.4, 0.5) is 5.95 Å². The quantitative estimate of drug-likeness (QED) is 0.838. The molecule has 3 saturated heterocycles. The van der Waals surface area contributed by atoms with Crippen LogP contribution in [0, 0.1) is 19.8 Å². The van der Waals surface area contributed by atoms with E-state index < -0.39 is 0 Å². The Bertz CT molecular complexity index is 610. The second kappa shape index (κ2) is 5.15. The van der Waals surface area contributed by atoms with Crippen molar-refractivity contribution in [3.63, 3.8) is 0 Å². The number of aliphatic imine (C=N–C) groups is 1. The van der Waals surface area contributed by atoms with Gasteiger partial charge in [-0.1, -0.05) is 0 Å². The van der Waals surface area contributed by atoms with Crippen LogP contribution in [-0.4, -0.2) is 57.9 Å². The number of nitrogens with zero attached hydrogens (tertiary/aromatic N) is 5. The van der Waals surface area contributed by atoms with Crippen LogP contribution in [0.25, 0.3) is 0 Å². The van der Waals surface area contributed by atoms with Crippen molar-refractivity contribution in [3.8, 4) is 0 Å². The van der Waals surface area contributed by atoms with Crippen LogP contribution in [0.2, 0.25) is 0 Å². The summed E-state index contributed by atoms with van der Waals surface area (Å²) < 4.78 is 6.31. The number of nitrogens with one attached hydrogen (secondary N) is 1. The van der Waals surface area contributed by atoms with Crippen LogP contribution in [0.3, 0.4) is 0 Å². The fourth-order valence-electron chi connectivity index (χ4n) is 3.82. The Morgan fingerprint density at radius 3 is 2.68 bits per heavy atom. The van der Waals surface area contributed by atoms with Gasteiger partial charge in [0, 0.05) is 25.4 Å². The van der Waals surface area contributed by atoms with E-state index in [9.17, 15) is 0 Å². The first-order valence-electron chi connectivity index (χ1n) is 8.05. The molecule has 3 fully saturated rings. The molecule has 0 radical (unpaired) electrons. The van der Waals surface area contributed by atoms with Crippen molar-refractivity contribution in [2.75, 3.05) is 31.5 Å². The summed E-state index contributed by atoms with van der Waals surface area (Å²) in [6.07, 6.45) is 3.47. The van der Waals surface area contributed by atoms with Gasteiger partial charge in [0.25, 0.3) is 12.0 Å². The molecular weight excluding hydrogens is 280 g/mol. The summed E-state index contributed by atoms with van der Waals surface area (Å²) in [5.74, 6) is 1.10. The predicted octanol–water partition coefficient (Wildman–Crippen LogP) is 1.14. The molecule has 0 aromatic carbocycles. The first kappa shape index (κ1) is 13.9. The first-order chi connectivity index (χ1) is 10.6. The molecule has 2 bridgehead atoms. The van der Waals surface area contributed by atoms with Crippen molar-refractivity contribution >= 4 is 12.0 Å². The molecule has 5 rings (SSSR count). The van der Waals surface area contributed by atoms with E-state index in [4.69, 9.17) is 4.74 Å². The first-order valence-corrected chi connectivity index (χ1v) is 8.05. The number of hydrogen-bond donors (Lipinski definition) is 1. The Morgan fingerprint density at radius 1 is 1.18 bits per heavy atom. The average molecular weight is 302 g/mol. The van der Waals surface area contributed by atoms with Gasteiger partial charge >= 0.3 is 0 Å². The molecule has 4 aliphatic rings. The molecule has 0 saturated carbocycles. The standard InChI is InChI=1S/C15H22N6O/c1-10-11(2)19-20-13(17-10)18-14-16-6-5-15(22-14)9-21-7-3-12(15)4-8-21/h12H,3-9H2,1-2H3,(H,16,17,18,20). The van der Waals surface area contributed by atoms with Crippen LogP contribution in [0.15, 0.2) is 4.99 Å². The van der Waals surface area contributed by atoms with Gasteiger partial charge in [0.05, 0.1) is 11.4 Å². The van der Waals surface area contributed by atoms with E-state index in [1.54, 1.807) is 0 Å². The number of rotatable bonds is 1. The number of hydrogen-bond acceptors (Lipinski definition) is 7. The summed E-state index contributed by atoms with van der Waals surface area (Å²) in [5, 5.41) is 11.3. The molecule has 7 nitrogen and oxygen atoms in total. The monoisotopic (exact) mass is 302 g/mol. The maximum absolute atomic E-state index is 6.31. The highest BCUT2D eigenvalue weighted by atomic mass is 16.5. The summed E-state index contributed by atoms with van der Waals surface area (Å²) in [5.41, 5.74) is 1.63. The van der Waals surface area contributed by atoms with Crippen LogP contribution >= 0.6 is 0 Å². The van der Waals surface area contributed by atoms with E-state index in [-0.39, 0.29) is 5.60 Å². The molecule has 1 aromatic heterocycles. The number of aryl methyl sites for hydroxylation is 2. The van der Waals surface area contributed by atoms with Gasteiger partial charge in [0.2, 0.25) is 0 Å². The molecule has 1 unspecified atom stereocenters. The number of aromatic nitrogens is 3. The van der Waals surface area contributed by atoms with Gasteiger partial charge in [-0.3, -0.25) is 10.2 Å². The summed E-state index contributed by atoms with van der Waals surface area (Å²) >= 11 is 0. The molecule has 4 aliphatic heterocycles. The zero-order chi connectivity index (χ0) is 15.2. The summed E-state index contributed by atoms with van der Waals surface area (Å²) in [6.45, 7) is 8.05. The van der Waals surface area contributed by atoms with Crippen molar-refractivity contribution in [2.45, 2.75) is 38.7 Å². The minimum absolute atomic E-state index is 0.0756. The fraction of sp³-hybridized carbons (Fsp3) is 0.733. The predicted molar refractivity (Wildman–Crippen MR) is 82.8 cm³/mol. The van der Waals surface area contributed by atoms with Gasteiger partial charge in [-0.05, 0) is 39.8 Å². The minimum Gasteiger partial charge on any atom is -0.457 e. The van der Waals surface area contributed by atoms with E-state index in [0.29, 0.717) is 17.9 Å². The lowest BCUT2D eigenvalue weighted by atomic mass is 9.73. The molecule has 1 spiro atoms. The van der Waals surface area contributed by atoms with E-state index in [0.717, 1.165) is 30.9 Å². The SMILES string of the molecule is Cc1nnc(NC2=NCCC3(CN4CCC3CC4)O2)nc1C. The van der Waals surface area contributed by atoms with Gasteiger partial charge in [0.15, 0.2) is 0 Å². The Morgan fingerprint density at radius 2 is 2.00 bits per heavy atom. The second-order valence-corrected chi connectivity index (χ2v) is 6.59. The minimum atomic E-state index is -0.0756. The van der Waals surface area contributed by atoms with Gasteiger partial charge in [0.1, 0.15) is 5.60 Å². The average Bonchev–Trinajstić information content (AvgIpc) is 2.52. The molecule has 1 N–H and O–H groups in total. The van der Waals surface area contributed by atoms with E-state index >= 15 is 0 Å². The third kappa shape index (κ3) is 2.33. The number of amidine groups is 1. The summed E-state index contributed by atoms with van der Waals surface area (Å²) in [6, 6.07) is 0.546. The Hall–Kier alpha value is -1.76. The summed E-state index contributed by atoms with van der Waals surface area (Å²) in [4.78, 5) is 11.4. The third-order valence-electron chi connectivity index (χ3n) is 5.22. The van der Waals surface area contributed by atoms with Crippen LogP contribution in [-0.2, 0) is 4.74 Å². The number of ether oxygens (including phenoxy) is 1. The lowest BCUT2D eigenvalue weighted by Gasteiger charge is -2.53. The maximum Gasteiger partial charge on any atom is 0.292 e. The normalized spacial score (nSPS) is 33.5. The van der Waals surface area contributed by atoms with Crippen molar-refractivity contribution in [3.05, 3.63) is 11.4 Å². The zero-order valence-electron chi connectivity index (χ0n) is 13.2. The lowest BCUT2D eigenvalue weighted by Crippen LogP contribution is -2.62. The lowest BCUT2D eigenvalue weighted by molar-refractivity contribution is -0.109. The van der Waals surface area contributed by atoms with E-state index in [1.807, 2.05) is 13.8 Å². The van der Waals surface area contributed by atoms with Crippen LogP contribution in [0.1, 0.15) is 30.7 Å². The van der Waals surface area contributed by atoms with Crippen molar-refractivity contribution in [2.24, 2.45) is 10.9 Å². The third-order valence-corrected chi connectivity index (χ3v) is 5.22. The maximum atomic E-state index is 6.31. The Labute approximate surface area is 130 Å². The fourth-order valence-corrected chi connectivity index (χ4v) is 3.82. The Kier molecular flexibility index (Phi) is 3.25. The van der Waals surface area contributed by atoms with Gasteiger partial charge in [-0.15, -0.1) is 5.10 Å². The van der Waals surface area contributed by atoms with Crippen LogP contribution < -0.4 is 5.32 Å². The molecule has 7 heteroatoms.